The minimum atomic E-state index is -3.30. The monoisotopic (exact) mass is 421 g/mol. The van der Waals surface area contributed by atoms with Gasteiger partial charge in [-0.1, -0.05) is 19.1 Å². The number of aliphatic imine (C=N–C) groups is 3. The molecule has 2 aliphatic heterocycles. The van der Waals surface area contributed by atoms with Crippen LogP contribution in [0.2, 0.25) is 0 Å². The van der Waals surface area contributed by atoms with Crippen molar-refractivity contribution in [2.45, 2.75) is 24.7 Å². The number of rotatable bonds is 5. The molecule has 3 aliphatic rings. The number of nitrogens with zero attached hydrogens (tertiary/aromatic N) is 3. The number of fused-ring (bicyclic) bond motifs is 1. The van der Waals surface area contributed by atoms with Crippen LogP contribution < -0.4 is 0 Å². The molecule has 2 aromatic carbocycles. The van der Waals surface area contributed by atoms with Crippen LogP contribution in [0.5, 0.6) is 0 Å². The molecule has 1 fully saturated rings. The molecule has 0 N–H and O–H groups in total. The van der Waals surface area contributed by atoms with Crippen LogP contribution in [0.1, 0.15) is 25.3 Å². The predicted octanol–water partition coefficient (Wildman–Crippen LogP) is 4.55. The lowest BCUT2D eigenvalue weighted by Crippen LogP contribution is -2.22. The Labute approximate surface area is 174 Å². The highest BCUT2D eigenvalue weighted by Crippen LogP contribution is 2.42. The van der Waals surface area contributed by atoms with Gasteiger partial charge in [-0.25, -0.2) is 22.8 Å². The van der Waals surface area contributed by atoms with E-state index in [-0.39, 0.29) is 22.4 Å². The SMILES string of the molecule is CCS(=O)(=O)c1ccc(-c2cc(C3=C4N=CN=C4C(C4CC4)C=N3)ccc2F)cc1. The van der Waals surface area contributed by atoms with Gasteiger partial charge in [0.05, 0.1) is 22.1 Å². The molecule has 7 heteroatoms. The van der Waals surface area contributed by atoms with Gasteiger partial charge in [0, 0.05) is 23.3 Å². The van der Waals surface area contributed by atoms with Crippen molar-refractivity contribution in [2.24, 2.45) is 26.8 Å². The van der Waals surface area contributed by atoms with Gasteiger partial charge in [-0.15, -0.1) is 0 Å². The quantitative estimate of drug-likeness (QED) is 0.711. The van der Waals surface area contributed by atoms with E-state index in [1.807, 2.05) is 6.21 Å². The van der Waals surface area contributed by atoms with Crippen LogP contribution in [-0.4, -0.2) is 32.4 Å². The molecule has 1 atom stereocenters. The summed E-state index contributed by atoms with van der Waals surface area (Å²) in [6, 6.07) is 11.2. The van der Waals surface area contributed by atoms with Crippen molar-refractivity contribution in [1.82, 2.24) is 0 Å². The summed E-state index contributed by atoms with van der Waals surface area (Å²) in [6.07, 6.45) is 5.87. The van der Waals surface area contributed by atoms with Gasteiger partial charge in [-0.3, -0.25) is 4.99 Å². The van der Waals surface area contributed by atoms with E-state index in [1.54, 1.807) is 37.5 Å². The highest BCUT2D eigenvalue weighted by molar-refractivity contribution is 7.91. The van der Waals surface area contributed by atoms with E-state index in [2.05, 4.69) is 15.0 Å². The Hall–Kier alpha value is -2.93. The Morgan fingerprint density at radius 2 is 1.73 bits per heavy atom. The molecule has 1 saturated carbocycles. The fourth-order valence-electron chi connectivity index (χ4n) is 3.90. The van der Waals surface area contributed by atoms with E-state index in [1.165, 1.54) is 31.0 Å². The average molecular weight is 421 g/mol. The molecule has 5 rings (SSSR count). The Balaban J connectivity index is 1.53. The van der Waals surface area contributed by atoms with Gasteiger partial charge in [0.1, 0.15) is 17.9 Å². The lowest BCUT2D eigenvalue weighted by molar-refractivity contribution is 0.597. The lowest BCUT2D eigenvalue weighted by Gasteiger charge is -2.19. The Morgan fingerprint density at radius 3 is 2.43 bits per heavy atom. The molecule has 0 saturated heterocycles. The molecule has 152 valence electrons. The van der Waals surface area contributed by atoms with Crippen molar-refractivity contribution in [3.05, 3.63) is 59.5 Å². The summed E-state index contributed by atoms with van der Waals surface area (Å²) in [6.45, 7) is 1.60. The molecule has 2 heterocycles. The van der Waals surface area contributed by atoms with Gasteiger partial charge in [0.2, 0.25) is 0 Å². The fraction of sp³-hybridized carbons (Fsp3) is 0.261. The largest absolute Gasteiger partial charge is 0.258 e. The van der Waals surface area contributed by atoms with E-state index in [0.717, 1.165) is 17.0 Å². The molecule has 0 bridgehead atoms. The van der Waals surface area contributed by atoms with Gasteiger partial charge < -0.3 is 0 Å². The fourth-order valence-corrected chi connectivity index (χ4v) is 4.79. The highest BCUT2D eigenvalue weighted by Gasteiger charge is 2.38. The standard InChI is InChI=1S/C23H20FN3O2S/c1-2-30(28,29)17-8-5-14(6-9-17)18-11-16(7-10-20(18)24)21-23-22(26-13-27-23)19(12-25-21)15-3-4-15/h5-13,15,19H,2-4H2,1H3. The van der Waals surface area contributed by atoms with Crippen LogP contribution in [0, 0.1) is 17.7 Å². The number of allylic oxidation sites excluding steroid dienone is 1. The normalized spacial score (nSPS) is 20.5. The second-order valence-corrected chi connectivity index (χ2v) is 10.00. The summed E-state index contributed by atoms with van der Waals surface area (Å²) in [5.74, 6) is 0.443. The summed E-state index contributed by atoms with van der Waals surface area (Å²) in [5.41, 5.74) is 4.14. The third-order valence-electron chi connectivity index (χ3n) is 5.80. The molecular weight excluding hydrogens is 401 g/mol. The summed E-state index contributed by atoms with van der Waals surface area (Å²) in [5, 5.41) is 0. The van der Waals surface area contributed by atoms with Gasteiger partial charge in [-0.2, -0.15) is 0 Å². The molecule has 0 amide bonds. The van der Waals surface area contributed by atoms with Crippen LogP contribution in [0.3, 0.4) is 0 Å². The van der Waals surface area contributed by atoms with Gasteiger partial charge >= 0.3 is 0 Å². The molecule has 30 heavy (non-hydrogen) atoms. The molecule has 1 unspecified atom stereocenters. The molecule has 2 aromatic rings. The van der Waals surface area contributed by atoms with E-state index in [0.29, 0.717) is 22.7 Å². The smallest absolute Gasteiger partial charge is 0.178 e. The zero-order chi connectivity index (χ0) is 20.9. The molecule has 0 spiro atoms. The second kappa shape index (κ2) is 7.09. The van der Waals surface area contributed by atoms with Gasteiger partial charge in [0.25, 0.3) is 0 Å². The average Bonchev–Trinajstić information content (AvgIpc) is 3.49. The maximum absolute atomic E-state index is 14.6. The van der Waals surface area contributed by atoms with Crippen LogP contribution >= 0.6 is 0 Å². The lowest BCUT2D eigenvalue weighted by atomic mass is 9.91. The summed E-state index contributed by atoms with van der Waals surface area (Å²) < 4.78 is 38.7. The number of hydrogen-bond donors (Lipinski definition) is 0. The highest BCUT2D eigenvalue weighted by atomic mass is 32.2. The number of sulfone groups is 1. The molecule has 0 radical (unpaired) electrons. The number of hydrogen-bond acceptors (Lipinski definition) is 5. The summed E-state index contributed by atoms with van der Waals surface area (Å²) in [7, 11) is -3.30. The summed E-state index contributed by atoms with van der Waals surface area (Å²) >= 11 is 0. The molecule has 1 aliphatic carbocycles. The van der Waals surface area contributed by atoms with Crippen molar-refractivity contribution >= 4 is 33.8 Å². The third-order valence-corrected chi connectivity index (χ3v) is 7.56. The topological polar surface area (TPSA) is 71.2 Å². The van der Waals surface area contributed by atoms with Crippen molar-refractivity contribution in [2.75, 3.05) is 5.75 Å². The Morgan fingerprint density at radius 1 is 1.00 bits per heavy atom. The maximum atomic E-state index is 14.6. The zero-order valence-electron chi connectivity index (χ0n) is 16.4. The first-order valence-corrected chi connectivity index (χ1v) is 11.7. The van der Waals surface area contributed by atoms with E-state index in [9.17, 15) is 12.8 Å². The first-order chi connectivity index (χ1) is 14.5. The van der Waals surface area contributed by atoms with Crippen molar-refractivity contribution in [3.63, 3.8) is 0 Å². The van der Waals surface area contributed by atoms with Gasteiger partial charge in [0.15, 0.2) is 9.84 Å². The molecule has 0 aromatic heterocycles. The summed E-state index contributed by atoms with van der Waals surface area (Å²) in [4.78, 5) is 13.8. The van der Waals surface area contributed by atoms with Crippen molar-refractivity contribution < 1.29 is 12.8 Å². The first kappa shape index (κ1) is 19.1. The molecule has 5 nitrogen and oxygen atoms in total. The van der Waals surface area contributed by atoms with Crippen LogP contribution in [0.4, 0.5) is 4.39 Å². The van der Waals surface area contributed by atoms with E-state index < -0.39 is 9.84 Å². The number of benzene rings is 2. The Kier molecular flexibility index (Phi) is 4.50. The first-order valence-electron chi connectivity index (χ1n) is 10.00. The maximum Gasteiger partial charge on any atom is 0.178 e. The number of halogens is 1. The second-order valence-electron chi connectivity index (χ2n) is 7.72. The van der Waals surface area contributed by atoms with E-state index >= 15 is 0 Å². The van der Waals surface area contributed by atoms with Gasteiger partial charge in [-0.05, 0) is 54.7 Å². The molecular formula is C23H20FN3O2S. The van der Waals surface area contributed by atoms with E-state index in [4.69, 9.17) is 0 Å². The minimum absolute atomic E-state index is 0.0252. The minimum Gasteiger partial charge on any atom is -0.258 e. The van der Waals surface area contributed by atoms with Crippen LogP contribution in [0.25, 0.3) is 16.8 Å². The van der Waals surface area contributed by atoms with Crippen molar-refractivity contribution in [3.8, 4) is 11.1 Å². The van der Waals surface area contributed by atoms with Crippen LogP contribution in [-0.2, 0) is 9.84 Å². The van der Waals surface area contributed by atoms with Crippen molar-refractivity contribution in [1.29, 1.82) is 0 Å². The zero-order valence-corrected chi connectivity index (χ0v) is 17.2. The third kappa shape index (κ3) is 3.23. The predicted molar refractivity (Wildman–Crippen MR) is 117 cm³/mol. The van der Waals surface area contributed by atoms with Crippen LogP contribution in [0.15, 0.2) is 68.0 Å². The Bertz CT molecular complexity index is 1250.